The van der Waals surface area contributed by atoms with Gasteiger partial charge in [-0.3, -0.25) is 0 Å². The summed E-state index contributed by atoms with van der Waals surface area (Å²) in [6.45, 7) is 5.40. The maximum Gasteiger partial charge on any atom is 0.0692 e. The van der Waals surface area contributed by atoms with Crippen LogP contribution in [0.25, 0.3) is 0 Å². The first kappa shape index (κ1) is 13.1. The molecule has 0 bridgehead atoms. The van der Waals surface area contributed by atoms with Gasteiger partial charge in [0.25, 0.3) is 0 Å². The summed E-state index contributed by atoms with van der Waals surface area (Å²) in [5.74, 6) is 0.550. The molecule has 2 heteroatoms. The van der Waals surface area contributed by atoms with Gasteiger partial charge >= 0.3 is 0 Å². The Morgan fingerprint density at radius 3 is 2.79 bits per heavy atom. The van der Waals surface area contributed by atoms with E-state index in [-0.39, 0.29) is 11.5 Å². The molecule has 0 saturated heterocycles. The van der Waals surface area contributed by atoms with E-state index in [1.54, 1.807) is 0 Å². The molecule has 2 N–H and O–H groups in total. The van der Waals surface area contributed by atoms with Crippen molar-refractivity contribution < 1.29 is 5.11 Å². The van der Waals surface area contributed by atoms with E-state index in [2.05, 4.69) is 43.4 Å². The number of benzene rings is 1. The van der Waals surface area contributed by atoms with Crippen LogP contribution in [-0.4, -0.2) is 17.8 Å². The van der Waals surface area contributed by atoms with E-state index < -0.39 is 0 Å². The summed E-state index contributed by atoms with van der Waals surface area (Å²) in [5, 5.41) is 13.7. The van der Waals surface area contributed by atoms with Crippen LogP contribution in [0.3, 0.4) is 0 Å². The van der Waals surface area contributed by atoms with Crippen molar-refractivity contribution >= 4 is 0 Å². The van der Waals surface area contributed by atoms with Gasteiger partial charge < -0.3 is 10.4 Å². The lowest BCUT2D eigenvalue weighted by Crippen LogP contribution is -2.41. The fourth-order valence-corrected chi connectivity index (χ4v) is 3.34. The van der Waals surface area contributed by atoms with Crippen molar-refractivity contribution in [3.8, 4) is 0 Å². The molecule has 0 heterocycles. The monoisotopic (exact) mass is 259 g/mol. The lowest BCUT2D eigenvalue weighted by Gasteiger charge is -2.41. The van der Waals surface area contributed by atoms with Gasteiger partial charge in [-0.05, 0) is 48.1 Å². The Kier molecular flexibility index (Phi) is 3.40. The Labute approximate surface area is 116 Å². The summed E-state index contributed by atoms with van der Waals surface area (Å²) in [6.07, 6.45) is 4.62. The molecular formula is C17H25NO. The highest BCUT2D eigenvalue weighted by Gasteiger charge is 2.37. The van der Waals surface area contributed by atoms with E-state index in [1.165, 1.54) is 36.8 Å². The summed E-state index contributed by atoms with van der Waals surface area (Å²) < 4.78 is 0. The molecule has 3 rings (SSSR count). The van der Waals surface area contributed by atoms with Crippen molar-refractivity contribution in [2.45, 2.75) is 51.7 Å². The minimum atomic E-state index is -0.162. The van der Waals surface area contributed by atoms with Crippen LogP contribution in [0, 0.1) is 11.3 Å². The largest absolute Gasteiger partial charge is 0.392 e. The molecule has 2 aliphatic carbocycles. The molecule has 2 nitrogen and oxygen atoms in total. The second-order valence-corrected chi connectivity index (χ2v) is 6.93. The van der Waals surface area contributed by atoms with E-state index in [1.807, 2.05) is 0 Å². The molecule has 104 valence electrons. The van der Waals surface area contributed by atoms with Gasteiger partial charge in [-0.1, -0.05) is 38.1 Å². The van der Waals surface area contributed by atoms with Crippen molar-refractivity contribution in [3.63, 3.8) is 0 Å². The summed E-state index contributed by atoms with van der Waals surface area (Å²) in [5.41, 5.74) is 3.17. The zero-order chi connectivity index (χ0) is 13.5. The van der Waals surface area contributed by atoms with Crippen LogP contribution in [0.15, 0.2) is 24.3 Å². The number of hydrogen-bond donors (Lipinski definition) is 2. The van der Waals surface area contributed by atoms with E-state index in [9.17, 15) is 5.11 Å². The highest BCUT2D eigenvalue weighted by Crippen LogP contribution is 2.43. The van der Waals surface area contributed by atoms with Gasteiger partial charge in [0.05, 0.1) is 6.10 Å². The fourth-order valence-electron chi connectivity index (χ4n) is 3.34. The number of nitrogens with one attached hydrogen (secondary N) is 1. The van der Waals surface area contributed by atoms with Crippen molar-refractivity contribution in [1.29, 1.82) is 0 Å². The molecule has 0 aromatic heterocycles. The summed E-state index contributed by atoms with van der Waals surface area (Å²) >= 11 is 0. The van der Waals surface area contributed by atoms with E-state index >= 15 is 0 Å². The number of hydrogen-bond acceptors (Lipinski definition) is 2. The predicted molar refractivity (Wildman–Crippen MR) is 78.0 cm³/mol. The van der Waals surface area contributed by atoms with Crippen LogP contribution in [0.5, 0.6) is 0 Å². The zero-order valence-electron chi connectivity index (χ0n) is 12.0. The first-order valence-electron chi connectivity index (χ1n) is 7.57. The second kappa shape index (κ2) is 4.92. The third-order valence-electron chi connectivity index (χ3n) is 4.88. The maximum atomic E-state index is 10.1. The van der Waals surface area contributed by atoms with E-state index in [0.29, 0.717) is 12.0 Å². The van der Waals surface area contributed by atoms with Crippen molar-refractivity contribution in [2.24, 2.45) is 11.3 Å². The molecule has 2 unspecified atom stereocenters. The van der Waals surface area contributed by atoms with E-state index in [0.717, 1.165) is 6.54 Å². The molecule has 0 spiro atoms. The molecule has 19 heavy (non-hydrogen) atoms. The Bertz CT molecular complexity index is 450. The van der Waals surface area contributed by atoms with Gasteiger partial charge in [-0.25, -0.2) is 0 Å². The number of aryl methyl sites for hydroxylation is 1. The quantitative estimate of drug-likeness (QED) is 0.871. The van der Waals surface area contributed by atoms with Gasteiger partial charge in [0.15, 0.2) is 0 Å². The number of fused-ring (bicyclic) bond motifs is 1. The van der Waals surface area contributed by atoms with Crippen molar-refractivity contribution in [1.82, 2.24) is 5.32 Å². The number of rotatable bonds is 4. The highest BCUT2D eigenvalue weighted by molar-refractivity contribution is 5.34. The molecule has 0 aliphatic heterocycles. The van der Waals surface area contributed by atoms with Crippen LogP contribution < -0.4 is 5.32 Å². The Morgan fingerprint density at radius 1 is 1.32 bits per heavy atom. The molecule has 2 aliphatic rings. The zero-order valence-corrected chi connectivity index (χ0v) is 12.0. The average molecular weight is 259 g/mol. The Balaban J connectivity index is 1.76. The lowest BCUT2D eigenvalue weighted by atomic mass is 9.70. The summed E-state index contributed by atoms with van der Waals surface area (Å²) in [7, 11) is 0. The van der Waals surface area contributed by atoms with Crippen LogP contribution in [0.1, 0.15) is 50.3 Å². The SMILES string of the molecule is CC1(C)CCc2ccccc2C1NCC(O)C1CC1. The van der Waals surface area contributed by atoms with Gasteiger partial charge in [-0.15, -0.1) is 0 Å². The summed E-state index contributed by atoms with van der Waals surface area (Å²) in [4.78, 5) is 0. The van der Waals surface area contributed by atoms with Gasteiger partial charge in [0.1, 0.15) is 0 Å². The number of aliphatic hydroxyl groups is 1. The molecule has 1 fully saturated rings. The smallest absolute Gasteiger partial charge is 0.0692 e. The summed E-state index contributed by atoms with van der Waals surface area (Å²) in [6, 6.07) is 9.12. The molecule has 0 radical (unpaired) electrons. The Morgan fingerprint density at radius 2 is 2.05 bits per heavy atom. The molecule has 1 aromatic carbocycles. The maximum absolute atomic E-state index is 10.1. The van der Waals surface area contributed by atoms with Gasteiger partial charge in [-0.2, -0.15) is 0 Å². The molecule has 1 saturated carbocycles. The van der Waals surface area contributed by atoms with E-state index in [4.69, 9.17) is 0 Å². The van der Waals surface area contributed by atoms with Crippen LogP contribution >= 0.6 is 0 Å². The lowest BCUT2D eigenvalue weighted by molar-refractivity contribution is 0.125. The minimum Gasteiger partial charge on any atom is -0.392 e. The average Bonchev–Trinajstić information content (AvgIpc) is 3.21. The van der Waals surface area contributed by atoms with Crippen LogP contribution in [0.2, 0.25) is 0 Å². The standard InChI is InChI=1S/C17H25NO/c1-17(2)10-9-12-5-3-4-6-14(12)16(17)18-11-15(19)13-7-8-13/h3-6,13,15-16,18-19H,7-11H2,1-2H3. The number of aliphatic hydroxyl groups excluding tert-OH is 1. The third-order valence-corrected chi connectivity index (χ3v) is 4.88. The predicted octanol–water partition coefficient (Wildman–Crippen LogP) is 3.06. The van der Waals surface area contributed by atoms with Gasteiger partial charge in [0.2, 0.25) is 0 Å². The topological polar surface area (TPSA) is 32.3 Å². The van der Waals surface area contributed by atoms with Crippen molar-refractivity contribution in [2.75, 3.05) is 6.54 Å². The molecule has 2 atom stereocenters. The molecular weight excluding hydrogens is 234 g/mol. The minimum absolute atomic E-state index is 0.162. The second-order valence-electron chi connectivity index (χ2n) is 6.93. The van der Waals surface area contributed by atoms with Crippen LogP contribution in [-0.2, 0) is 6.42 Å². The fraction of sp³-hybridized carbons (Fsp3) is 0.647. The first-order chi connectivity index (χ1) is 9.08. The van der Waals surface area contributed by atoms with Crippen molar-refractivity contribution in [3.05, 3.63) is 35.4 Å². The van der Waals surface area contributed by atoms with Crippen LogP contribution in [0.4, 0.5) is 0 Å². The molecule has 0 amide bonds. The van der Waals surface area contributed by atoms with Gasteiger partial charge in [0, 0.05) is 12.6 Å². The highest BCUT2D eigenvalue weighted by atomic mass is 16.3. The Hall–Kier alpha value is -0.860. The molecule has 1 aromatic rings. The third kappa shape index (κ3) is 2.70. The normalized spacial score (nSPS) is 26.8. The first-order valence-corrected chi connectivity index (χ1v) is 7.57.